The lowest BCUT2D eigenvalue weighted by molar-refractivity contribution is -0.138. The van der Waals surface area contributed by atoms with E-state index >= 15 is 0 Å². The van der Waals surface area contributed by atoms with Gasteiger partial charge in [0.05, 0.1) is 5.41 Å². The number of nitrogens with zero attached hydrogens (tertiary/aromatic N) is 1. The first-order valence-corrected chi connectivity index (χ1v) is 9.37. The van der Waals surface area contributed by atoms with E-state index < -0.39 is 17.2 Å². The first-order chi connectivity index (χ1) is 13.9. The van der Waals surface area contributed by atoms with E-state index in [1.54, 1.807) is 48.8 Å². The molecule has 3 rings (SSSR count). The molecule has 0 radical (unpaired) electrons. The number of imide groups is 1. The number of hydrogen-bond donors (Lipinski definition) is 3. The van der Waals surface area contributed by atoms with E-state index in [1.807, 2.05) is 6.92 Å². The molecule has 0 saturated carbocycles. The van der Waals surface area contributed by atoms with Gasteiger partial charge in [0, 0.05) is 31.0 Å². The second-order valence-corrected chi connectivity index (χ2v) is 6.89. The van der Waals surface area contributed by atoms with Crippen LogP contribution in [0.25, 0.3) is 0 Å². The van der Waals surface area contributed by atoms with Gasteiger partial charge < -0.3 is 10.6 Å². The van der Waals surface area contributed by atoms with Crippen LogP contribution >= 0.6 is 0 Å². The molecule has 0 spiro atoms. The molecular weight excluding hydrogens is 372 g/mol. The number of aromatic nitrogens is 1. The van der Waals surface area contributed by atoms with Gasteiger partial charge >= 0.3 is 11.8 Å². The zero-order chi connectivity index (χ0) is 20.9. The fourth-order valence-corrected chi connectivity index (χ4v) is 3.39. The number of pyridine rings is 1. The highest BCUT2D eigenvalue weighted by Crippen LogP contribution is 2.36. The molecule has 0 unspecified atom stereocenters. The quantitative estimate of drug-likeness (QED) is 0.524. The summed E-state index contributed by atoms with van der Waals surface area (Å²) < 4.78 is 0. The van der Waals surface area contributed by atoms with Gasteiger partial charge in [-0.05, 0) is 42.2 Å². The van der Waals surface area contributed by atoms with Crippen LogP contribution in [-0.2, 0) is 31.1 Å². The van der Waals surface area contributed by atoms with Gasteiger partial charge in [-0.3, -0.25) is 29.5 Å². The third-order valence-corrected chi connectivity index (χ3v) is 5.15. The average Bonchev–Trinajstić information content (AvgIpc) is 2.74. The summed E-state index contributed by atoms with van der Waals surface area (Å²) in [5, 5.41) is 7.47. The number of carbonyl (C=O) groups excluding carboxylic acids is 4. The van der Waals surface area contributed by atoms with Crippen LogP contribution in [0, 0.1) is 0 Å². The molecular formula is C21H22N4O4. The zero-order valence-corrected chi connectivity index (χ0v) is 16.0. The Morgan fingerprint density at radius 3 is 2.52 bits per heavy atom. The molecule has 1 aliphatic heterocycles. The molecule has 1 aromatic heterocycles. The Hall–Kier alpha value is -3.55. The molecule has 150 valence electrons. The maximum atomic E-state index is 12.4. The molecule has 1 saturated heterocycles. The smallest absolute Gasteiger partial charge is 0.313 e. The minimum atomic E-state index is -0.784. The monoisotopic (exact) mass is 394 g/mol. The molecule has 29 heavy (non-hydrogen) atoms. The van der Waals surface area contributed by atoms with Gasteiger partial charge in [-0.2, -0.15) is 0 Å². The second kappa shape index (κ2) is 8.64. The maximum absolute atomic E-state index is 12.4. The van der Waals surface area contributed by atoms with Crippen molar-refractivity contribution in [2.24, 2.45) is 0 Å². The number of anilines is 1. The number of rotatable bonds is 5. The highest BCUT2D eigenvalue weighted by molar-refractivity contribution is 6.39. The minimum absolute atomic E-state index is 0.200. The van der Waals surface area contributed by atoms with Gasteiger partial charge in [0.1, 0.15) is 0 Å². The Morgan fingerprint density at radius 2 is 1.90 bits per heavy atom. The normalized spacial score (nSPS) is 18.7. The van der Waals surface area contributed by atoms with Crippen LogP contribution in [0.15, 0.2) is 48.8 Å². The first kappa shape index (κ1) is 20.2. The molecule has 8 nitrogen and oxygen atoms in total. The van der Waals surface area contributed by atoms with E-state index in [4.69, 9.17) is 0 Å². The van der Waals surface area contributed by atoms with Crippen molar-refractivity contribution >= 4 is 29.3 Å². The Morgan fingerprint density at radius 1 is 1.14 bits per heavy atom. The lowest BCUT2D eigenvalue weighted by Gasteiger charge is -2.35. The first-order valence-electron chi connectivity index (χ1n) is 9.37. The lowest BCUT2D eigenvalue weighted by Crippen LogP contribution is -2.51. The van der Waals surface area contributed by atoms with E-state index in [2.05, 4.69) is 20.9 Å². The molecule has 4 amide bonds. The van der Waals surface area contributed by atoms with Gasteiger partial charge in [-0.25, -0.2) is 0 Å². The average molecular weight is 394 g/mol. The molecule has 2 heterocycles. The summed E-state index contributed by atoms with van der Waals surface area (Å²) in [5.41, 5.74) is 1.22. The predicted molar refractivity (Wildman–Crippen MR) is 106 cm³/mol. The number of benzene rings is 1. The van der Waals surface area contributed by atoms with Gasteiger partial charge in [-0.1, -0.05) is 25.1 Å². The summed E-state index contributed by atoms with van der Waals surface area (Å²) in [6.07, 6.45) is 4.51. The standard InChI is InChI=1S/C21H22N4O4/c1-2-21(10-9-17(26)25-20(21)29)15-5-7-16(8-6-15)24-19(28)18(27)23-13-14-4-3-11-22-12-14/h3-8,11-12H,2,9-10,13H2,1H3,(H,23,27)(H,24,28)(H,25,26,29)/t21-/m1/s1. The number of amides is 4. The van der Waals surface area contributed by atoms with E-state index in [1.165, 1.54) is 0 Å². The van der Waals surface area contributed by atoms with Gasteiger partial charge in [-0.15, -0.1) is 0 Å². The fourth-order valence-electron chi connectivity index (χ4n) is 3.39. The number of nitrogens with one attached hydrogen (secondary N) is 3. The topological polar surface area (TPSA) is 117 Å². The number of piperidine rings is 1. The minimum Gasteiger partial charge on any atom is -0.344 e. The molecule has 1 aliphatic rings. The van der Waals surface area contributed by atoms with Crippen molar-refractivity contribution in [2.45, 2.75) is 38.1 Å². The SMILES string of the molecule is CC[C@]1(c2ccc(NC(=O)C(=O)NCc3cccnc3)cc2)CCC(=O)NC1=O. The Labute approximate surface area is 168 Å². The molecule has 1 aromatic carbocycles. The van der Waals surface area contributed by atoms with Crippen molar-refractivity contribution in [2.75, 3.05) is 5.32 Å². The highest BCUT2D eigenvalue weighted by Gasteiger charge is 2.42. The van der Waals surface area contributed by atoms with Crippen molar-refractivity contribution in [3.8, 4) is 0 Å². The number of hydrogen-bond acceptors (Lipinski definition) is 5. The molecule has 0 bridgehead atoms. The van der Waals surface area contributed by atoms with Crippen molar-refractivity contribution in [3.63, 3.8) is 0 Å². The maximum Gasteiger partial charge on any atom is 0.313 e. The second-order valence-electron chi connectivity index (χ2n) is 6.89. The summed E-state index contributed by atoms with van der Waals surface area (Å²) in [5.74, 6) is -2.11. The van der Waals surface area contributed by atoms with Crippen LogP contribution in [0.3, 0.4) is 0 Å². The molecule has 1 atom stereocenters. The van der Waals surface area contributed by atoms with Crippen LogP contribution in [0.4, 0.5) is 5.69 Å². The van der Waals surface area contributed by atoms with Gasteiger partial charge in [0.25, 0.3) is 0 Å². The fraction of sp³-hybridized carbons (Fsp3) is 0.286. The number of carbonyl (C=O) groups is 4. The van der Waals surface area contributed by atoms with E-state index in [-0.39, 0.29) is 24.8 Å². The van der Waals surface area contributed by atoms with Crippen molar-refractivity contribution in [1.29, 1.82) is 0 Å². The lowest BCUT2D eigenvalue weighted by atomic mass is 9.72. The molecule has 3 N–H and O–H groups in total. The van der Waals surface area contributed by atoms with E-state index in [0.29, 0.717) is 18.5 Å². The van der Waals surface area contributed by atoms with Crippen molar-refractivity contribution in [3.05, 3.63) is 59.9 Å². The van der Waals surface area contributed by atoms with Crippen LogP contribution < -0.4 is 16.0 Å². The Kier molecular flexibility index (Phi) is 6.01. The Bertz CT molecular complexity index is 927. The third-order valence-electron chi connectivity index (χ3n) is 5.15. The Balaban J connectivity index is 1.62. The van der Waals surface area contributed by atoms with Gasteiger partial charge in [0.15, 0.2) is 0 Å². The van der Waals surface area contributed by atoms with E-state index in [9.17, 15) is 19.2 Å². The van der Waals surface area contributed by atoms with Crippen LogP contribution in [0.5, 0.6) is 0 Å². The summed E-state index contributed by atoms with van der Waals surface area (Å²) >= 11 is 0. The van der Waals surface area contributed by atoms with Crippen LogP contribution in [0.2, 0.25) is 0 Å². The summed E-state index contributed by atoms with van der Waals surface area (Å²) in [7, 11) is 0. The van der Waals surface area contributed by atoms with Crippen molar-refractivity contribution < 1.29 is 19.2 Å². The summed E-state index contributed by atoms with van der Waals surface area (Å²) in [4.78, 5) is 51.9. The highest BCUT2D eigenvalue weighted by atomic mass is 16.2. The van der Waals surface area contributed by atoms with Crippen LogP contribution in [0.1, 0.15) is 37.3 Å². The molecule has 0 aliphatic carbocycles. The summed E-state index contributed by atoms with van der Waals surface area (Å²) in [6.45, 7) is 2.10. The zero-order valence-electron chi connectivity index (χ0n) is 16.0. The van der Waals surface area contributed by atoms with E-state index in [0.717, 1.165) is 11.1 Å². The molecule has 2 aromatic rings. The molecule has 1 fully saturated rings. The summed E-state index contributed by atoms with van der Waals surface area (Å²) in [6, 6.07) is 10.3. The van der Waals surface area contributed by atoms with Gasteiger partial charge in [0.2, 0.25) is 11.8 Å². The predicted octanol–water partition coefficient (Wildman–Crippen LogP) is 1.42. The largest absolute Gasteiger partial charge is 0.344 e. The van der Waals surface area contributed by atoms with Crippen LogP contribution in [-0.4, -0.2) is 28.6 Å². The molecule has 8 heteroatoms. The van der Waals surface area contributed by atoms with Crippen molar-refractivity contribution in [1.82, 2.24) is 15.6 Å². The third kappa shape index (κ3) is 4.48.